The summed E-state index contributed by atoms with van der Waals surface area (Å²) in [4.78, 5) is 38.3. The van der Waals surface area contributed by atoms with E-state index in [4.69, 9.17) is 17.3 Å². The average molecular weight is 434 g/mol. The molecule has 0 radical (unpaired) electrons. The summed E-state index contributed by atoms with van der Waals surface area (Å²) in [5.74, 6) is -2.68. The number of hydrogen-bond donors (Lipinski definition) is 2. The molecular formula is C18H13N2O5S3-. The van der Waals surface area contributed by atoms with Crippen molar-refractivity contribution in [2.75, 3.05) is 11.9 Å². The van der Waals surface area contributed by atoms with Crippen LogP contribution >= 0.6 is 35.3 Å². The van der Waals surface area contributed by atoms with Gasteiger partial charge in [-0.3, -0.25) is 14.5 Å². The van der Waals surface area contributed by atoms with Gasteiger partial charge in [-0.2, -0.15) is 0 Å². The number of carbonyl (C=O) groups is 3. The van der Waals surface area contributed by atoms with E-state index in [0.29, 0.717) is 9.23 Å². The van der Waals surface area contributed by atoms with Gasteiger partial charge in [0.15, 0.2) is 0 Å². The zero-order chi connectivity index (χ0) is 20.3. The molecule has 2 aromatic rings. The number of rotatable bonds is 6. The number of nitrogens with one attached hydrogen (secondary N) is 1. The second kappa shape index (κ2) is 8.55. The highest BCUT2D eigenvalue weighted by Crippen LogP contribution is 2.33. The third kappa shape index (κ3) is 4.58. The number of thiophene rings is 1. The van der Waals surface area contributed by atoms with Crippen LogP contribution in [0.1, 0.15) is 21.7 Å². The predicted molar refractivity (Wildman–Crippen MR) is 110 cm³/mol. The molecule has 28 heavy (non-hydrogen) atoms. The smallest absolute Gasteiger partial charge is 0.335 e. The lowest BCUT2D eigenvalue weighted by atomic mass is 10.2. The van der Waals surface area contributed by atoms with Gasteiger partial charge in [-0.15, -0.1) is 11.3 Å². The second-order valence-corrected chi connectivity index (χ2v) is 8.32. The predicted octanol–water partition coefficient (Wildman–Crippen LogP) is 2.75. The Kier molecular flexibility index (Phi) is 6.12. The zero-order valence-electron chi connectivity index (χ0n) is 14.2. The van der Waals surface area contributed by atoms with Crippen LogP contribution in [-0.2, 0) is 9.59 Å². The minimum absolute atomic E-state index is 0.0202. The molecule has 0 aliphatic carbocycles. The van der Waals surface area contributed by atoms with E-state index in [1.807, 2.05) is 17.5 Å². The van der Waals surface area contributed by atoms with Crippen LogP contribution in [0, 0.1) is 0 Å². The molecule has 2 heterocycles. The van der Waals surface area contributed by atoms with Crippen LogP contribution in [0.15, 0.2) is 40.6 Å². The fraction of sp³-hybridized carbons (Fsp3) is 0.111. The van der Waals surface area contributed by atoms with Gasteiger partial charge in [-0.25, -0.2) is 4.79 Å². The van der Waals surface area contributed by atoms with Crippen molar-refractivity contribution in [2.45, 2.75) is 6.42 Å². The van der Waals surface area contributed by atoms with Gasteiger partial charge in [0.1, 0.15) is 4.32 Å². The van der Waals surface area contributed by atoms with E-state index in [9.17, 15) is 19.5 Å². The Bertz CT molecular complexity index is 985. The van der Waals surface area contributed by atoms with Crippen molar-refractivity contribution in [3.05, 3.63) is 51.1 Å². The van der Waals surface area contributed by atoms with Crippen molar-refractivity contribution < 1.29 is 24.6 Å². The zero-order valence-corrected chi connectivity index (χ0v) is 16.7. The highest BCUT2D eigenvalue weighted by atomic mass is 32.2. The number of thiocarbonyl (C=S) groups is 1. The minimum atomic E-state index is -1.33. The quantitative estimate of drug-likeness (QED) is 0.532. The third-order valence-corrected chi connectivity index (χ3v) is 5.95. The van der Waals surface area contributed by atoms with Gasteiger partial charge >= 0.3 is 5.97 Å². The molecule has 10 heteroatoms. The molecule has 2 N–H and O–H groups in total. The van der Waals surface area contributed by atoms with Crippen molar-refractivity contribution in [2.24, 2.45) is 0 Å². The van der Waals surface area contributed by atoms with E-state index in [2.05, 4.69) is 5.32 Å². The molecule has 7 nitrogen and oxygen atoms in total. The van der Waals surface area contributed by atoms with E-state index in [1.165, 1.54) is 34.1 Å². The SMILES string of the molecule is O=C(CCN1C(=O)/C(=C\c2cccs2)SC1=S)Nc1ccc(C(=O)O)c([O-])c1. The number of carboxylic acids is 1. The van der Waals surface area contributed by atoms with Gasteiger partial charge in [0.2, 0.25) is 5.91 Å². The van der Waals surface area contributed by atoms with Crippen LogP contribution in [0.2, 0.25) is 0 Å². The molecule has 1 aliphatic heterocycles. The maximum Gasteiger partial charge on any atom is 0.335 e. The molecule has 0 bridgehead atoms. The van der Waals surface area contributed by atoms with Gasteiger partial charge in [0.05, 0.1) is 10.5 Å². The van der Waals surface area contributed by atoms with Crippen molar-refractivity contribution in [1.82, 2.24) is 4.90 Å². The molecule has 1 aromatic carbocycles. The molecule has 0 spiro atoms. The molecule has 144 valence electrons. The van der Waals surface area contributed by atoms with Gasteiger partial charge in [0, 0.05) is 23.5 Å². The van der Waals surface area contributed by atoms with Crippen molar-refractivity contribution in [3.63, 3.8) is 0 Å². The Morgan fingerprint density at radius 2 is 2.11 bits per heavy atom. The van der Waals surface area contributed by atoms with Crippen molar-refractivity contribution in [3.8, 4) is 5.75 Å². The van der Waals surface area contributed by atoms with E-state index < -0.39 is 17.6 Å². The highest BCUT2D eigenvalue weighted by Gasteiger charge is 2.32. The van der Waals surface area contributed by atoms with Crippen LogP contribution in [0.4, 0.5) is 5.69 Å². The first-order valence-electron chi connectivity index (χ1n) is 7.98. The Hall–Kier alpha value is -2.69. The number of hydrogen-bond acceptors (Lipinski definition) is 7. The summed E-state index contributed by atoms with van der Waals surface area (Å²) in [6.45, 7) is 0.107. The van der Waals surface area contributed by atoms with Gasteiger partial charge in [-0.05, 0) is 35.7 Å². The normalized spacial score (nSPS) is 15.3. The number of anilines is 1. The fourth-order valence-corrected chi connectivity index (χ4v) is 4.44. The number of carbonyl (C=O) groups excluding carboxylic acids is 2. The largest absolute Gasteiger partial charge is 0.872 e. The fourth-order valence-electron chi connectivity index (χ4n) is 2.41. The first-order valence-corrected chi connectivity index (χ1v) is 10.1. The molecule has 1 aromatic heterocycles. The average Bonchev–Trinajstić information content (AvgIpc) is 3.22. The number of thioether (sulfide) groups is 1. The lowest BCUT2D eigenvalue weighted by Crippen LogP contribution is -2.31. The molecule has 1 fully saturated rings. The molecular weight excluding hydrogens is 420 g/mol. The first kappa shape index (κ1) is 20.1. The summed E-state index contributed by atoms with van der Waals surface area (Å²) in [7, 11) is 0. The van der Waals surface area contributed by atoms with Gasteiger partial charge in [-0.1, -0.05) is 35.8 Å². The van der Waals surface area contributed by atoms with E-state index >= 15 is 0 Å². The second-order valence-electron chi connectivity index (χ2n) is 5.66. The third-order valence-electron chi connectivity index (χ3n) is 3.75. The van der Waals surface area contributed by atoms with Gasteiger partial charge < -0.3 is 15.5 Å². The monoisotopic (exact) mass is 433 g/mol. The van der Waals surface area contributed by atoms with E-state index in [1.54, 1.807) is 6.08 Å². The van der Waals surface area contributed by atoms with E-state index in [-0.39, 0.29) is 30.1 Å². The Labute approximate surface area is 173 Å². The van der Waals surface area contributed by atoms with E-state index in [0.717, 1.165) is 17.0 Å². The number of carboxylic acid groups (broad SMARTS) is 1. The van der Waals surface area contributed by atoms with Gasteiger partial charge in [0.25, 0.3) is 5.91 Å². The number of amides is 2. The maximum atomic E-state index is 12.5. The summed E-state index contributed by atoms with van der Waals surface area (Å²) >= 11 is 7.93. The van der Waals surface area contributed by atoms with Crippen LogP contribution in [0.3, 0.4) is 0 Å². The molecule has 1 saturated heterocycles. The number of nitrogens with zero attached hydrogens (tertiary/aromatic N) is 1. The molecule has 0 atom stereocenters. The lowest BCUT2D eigenvalue weighted by Gasteiger charge is -2.15. The van der Waals surface area contributed by atoms with Crippen molar-refractivity contribution in [1.29, 1.82) is 0 Å². The Morgan fingerprint density at radius 1 is 1.32 bits per heavy atom. The summed E-state index contributed by atoms with van der Waals surface area (Å²) in [5, 5.41) is 25.0. The standard InChI is InChI=1S/C18H14N2O5S3/c21-13-8-10(3-4-12(13)17(24)25)19-15(22)5-6-20-16(23)14(28-18(20)26)9-11-2-1-7-27-11/h1-4,7-9,21H,5-6H2,(H,19,22)(H,24,25)/p-1/b14-9+. The highest BCUT2D eigenvalue weighted by molar-refractivity contribution is 8.26. The summed E-state index contributed by atoms with van der Waals surface area (Å²) in [6, 6.07) is 7.30. The number of aromatic carboxylic acids is 1. The Balaban J connectivity index is 1.58. The van der Waals surface area contributed by atoms with Crippen LogP contribution < -0.4 is 10.4 Å². The number of benzene rings is 1. The summed E-state index contributed by atoms with van der Waals surface area (Å²) < 4.78 is 0.383. The van der Waals surface area contributed by atoms with Crippen LogP contribution in [-0.4, -0.2) is 38.7 Å². The molecule has 3 rings (SSSR count). The van der Waals surface area contributed by atoms with Crippen molar-refractivity contribution >= 4 is 69.2 Å². The molecule has 1 aliphatic rings. The Morgan fingerprint density at radius 3 is 2.75 bits per heavy atom. The summed E-state index contributed by atoms with van der Waals surface area (Å²) in [5.41, 5.74) is -0.170. The van der Waals surface area contributed by atoms with Crippen LogP contribution in [0.25, 0.3) is 6.08 Å². The summed E-state index contributed by atoms with van der Waals surface area (Å²) in [6.07, 6.45) is 1.75. The maximum absolute atomic E-state index is 12.5. The molecule has 2 amide bonds. The molecule has 0 saturated carbocycles. The lowest BCUT2D eigenvalue weighted by molar-refractivity contribution is -0.268. The minimum Gasteiger partial charge on any atom is -0.872 e. The van der Waals surface area contributed by atoms with Crippen LogP contribution in [0.5, 0.6) is 5.75 Å². The molecule has 0 unspecified atom stereocenters. The first-order chi connectivity index (χ1) is 13.3. The topological polar surface area (TPSA) is 110 Å².